The summed E-state index contributed by atoms with van der Waals surface area (Å²) in [4.78, 5) is 18.9. The van der Waals surface area contributed by atoms with Crippen LogP contribution in [0.5, 0.6) is 0 Å². The number of H-pyrrole nitrogens is 1. The molecular formula is C14H9F2N3O. The molecule has 0 radical (unpaired) electrons. The quantitative estimate of drug-likeness (QED) is 0.753. The van der Waals surface area contributed by atoms with Crippen molar-refractivity contribution in [2.24, 2.45) is 0 Å². The van der Waals surface area contributed by atoms with Gasteiger partial charge in [-0.05, 0) is 30.3 Å². The number of benzene rings is 2. The summed E-state index contributed by atoms with van der Waals surface area (Å²) in [6.07, 6.45) is 0. The lowest BCUT2D eigenvalue weighted by molar-refractivity contribution is 0.102. The van der Waals surface area contributed by atoms with Gasteiger partial charge in [0.05, 0.1) is 16.6 Å². The molecule has 100 valence electrons. The Labute approximate surface area is 112 Å². The molecule has 4 nitrogen and oxygen atoms in total. The molecule has 0 aliphatic rings. The van der Waals surface area contributed by atoms with Gasteiger partial charge in [-0.2, -0.15) is 0 Å². The minimum Gasteiger partial charge on any atom is -0.324 e. The molecule has 0 aliphatic heterocycles. The third-order valence-electron chi connectivity index (χ3n) is 2.79. The summed E-state index contributed by atoms with van der Waals surface area (Å²) in [6, 6.07) is 9.88. The van der Waals surface area contributed by atoms with Gasteiger partial charge in [-0.3, -0.25) is 10.1 Å². The number of para-hydroxylation sites is 2. The largest absolute Gasteiger partial charge is 0.324 e. The number of nitrogens with zero attached hydrogens (tertiary/aromatic N) is 1. The first-order valence-electron chi connectivity index (χ1n) is 5.84. The number of aromatic amines is 1. The highest BCUT2D eigenvalue weighted by Gasteiger charge is 2.14. The van der Waals surface area contributed by atoms with Crippen molar-refractivity contribution in [1.82, 2.24) is 9.97 Å². The van der Waals surface area contributed by atoms with Crippen molar-refractivity contribution in [2.75, 3.05) is 5.32 Å². The Balaban J connectivity index is 1.90. The van der Waals surface area contributed by atoms with Crippen molar-refractivity contribution in [1.29, 1.82) is 0 Å². The fraction of sp³-hybridized carbons (Fsp3) is 0. The number of rotatable bonds is 2. The van der Waals surface area contributed by atoms with Crippen molar-refractivity contribution in [2.45, 2.75) is 0 Å². The van der Waals surface area contributed by atoms with E-state index in [9.17, 15) is 13.6 Å². The smallest absolute Gasteiger partial charge is 0.261 e. The molecule has 2 N–H and O–H groups in total. The fourth-order valence-corrected chi connectivity index (χ4v) is 1.86. The van der Waals surface area contributed by atoms with Crippen molar-refractivity contribution in [3.63, 3.8) is 0 Å². The lowest BCUT2D eigenvalue weighted by Crippen LogP contribution is -2.15. The Bertz CT molecular complexity index is 765. The van der Waals surface area contributed by atoms with E-state index in [4.69, 9.17) is 0 Å². The second-order valence-corrected chi connectivity index (χ2v) is 4.18. The first-order chi connectivity index (χ1) is 9.63. The van der Waals surface area contributed by atoms with E-state index in [-0.39, 0.29) is 11.5 Å². The zero-order valence-electron chi connectivity index (χ0n) is 10.2. The SMILES string of the molecule is O=C(Nc1nc2ccccc2[nH]1)c1cc(F)ccc1F. The number of aromatic nitrogens is 2. The van der Waals surface area contributed by atoms with Crippen LogP contribution in [0, 0.1) is 11.6 Å². The van der Waals surface area contributed by atoms with Gasteiger partial charge in [0.15, 0.2) is 0 Å². The first kappa shape index (κ1) is 12.3. The number of anilines is 1. The first-order valence-corrected chi connectivity index (χ1v) is 5.84. The lowest BCUT2D eigenvalue weighted by Gasteiger charge is -2.03. The zero-order chi connectivity index (χ0) is 14.1. The van der Waals surface area contributed by atoms with Gasteiger partial charge >= 0.3 is 0 Å². The number of hydrogen-bond acceptors (Lipinski definition) is 2. The zero-order valence-corrected chi connectivity index (χ0v) is 10.2. The van der Waals surface area contributed by atoms with E-state index in [1.807, 2.05) is 6.07 Å². The van der Waals surface area contributed by atoms with E-state index in [0.29, 0.717) is 5.52 Å². The standard InChI is InChI=1S/C14H9F2N3O/c15-8-5-6-10(16)9(7-8)13(20)19-14-17-11-3-1-2-4-12(11)18-14/h1-7H,(H2,17,18,19,20). The van der Waals surface area contributed by atoms with Crippen LogP contribution in [0.3, 0.4) is 0 Å². The van der Waals surface area contributed by atoms with Crippen LogP contribution >= 0.6 is 0 Å². The average molecular weight is 273 g/mol. The summed E-state index contributed by atoms with van der Waals surface area (Å²) in [7, 11) is 0. The molecule has 0 unspecified atom stereocenters. The second kappa shape index (κ2) is 4.73. The highest BCUT2D eigenvalue weighted by atomic mass is 19.1. The van der Waals surface area contributed by atoms with E-state index in [0.717, 1.165) is 23.7 Å². The fourth-order valence-electron chi connectivity index (χ4n) is 1.86. The molecule has 0 saturated carbocycles. The second-order valence-electron chi connectivity index (χ2n) is 4.18. The molecule has 0 saturated heterocycles. The number of hydrogen-bond donors (Lipinski definition) is 2. The molecule has 2 aromatic carbocycles. The highest BCUT2D eigenvalue weighted by molar-refractivity contribution is 6.04. The van der Waals surface area contributed by atoms with Crippen molar-refractivity contribution < 1.29 is 13.6 Å². The van der Waals surface area contributed by atoms with Crippen LogP contribution in [0.25, 0.3) is 11.0 Å². The number of carbonyl (C=O) groups is 1. The van der Waals surface area contributed by atoms with E-state index in [1.165, 1.54) is 0 Å². The normalized spacial score (nSPS) is 10.7. The van der Waals surface area contributed by atoms with Crippen LogP contribution in [0.2, 0.25) is 0 Å². The van der Waals surface area contributed by atoms with E-state index in [1.54, 1.807) is 18.2 Å². The molecule has 0 fully saturated rings. The van der Waals surface area contributed by atoms with Crippen LogP contribution < -0.4 is 5.32 Å². The number of fused-ring (bicyclic) bond motifs is 1. The van der Waals surface area contributed by atoms with Crippen LogP contribution in [-0.4, -0.2) is 15.9 Å². The lowest BCUT2D eigenvalue weighted by atomic mass is 10.2. The maximum absolute atomic E-state index is 13.5. The minimum absolute atomic E-state index is 0.180. The van der Waals surface area contributed by atoms with Crippen LogP contribution in [0.1, 0.15) is 10.4 Å². The Morgan fingerprint density at radius 2 is 1.95 bits per heavy atom. The van der Waals surface area contributed by atoms with Gasteiger partial charge in [-0.25, -0.2) is 13.8 Å². The third-order valence-corrected chi connectivity index (χ3v) is 2.79. The number of carbonyl (C=O) groups excluding carboxylic acids is 1. The number of halogens is 2. The van der Waals surface area contributed by atoms with Gasteiger partial charge in [0, 0.05) is 0 Å². The molecule has 1 heterocycles. The van der Waals surface area contributed by atoms with Crippen LogP contribution in [0.4, 0.5) is 14.7 Å². The summed E-state index contributed by atoms with van der Waals surface area (Å²) in [6.45, 7) is 0. The highest BCUT2D eigenvalue weighted by Crippen LogP contribution is 2.15. The minimum atomic E-state index is -0.792. The topological polar surface area (TPSA) is 57.8 Å². The molecule has 3 rings (SSSR count). The Kier molecular flexibility index (Phi) is 2.90. The summed E-state index contributed by atoms with van der Waals surface area (Å²) in [5, 5.41) is 2.40. The van der Waals surface area contributed by atoms with Crippen molar-refractivity contribution >= 4 is 22.9 Å². The van der Waals surface area contributed by atoms with Crippen molar-refractivity contribution in [3.8, 4) is 0 Å². The van der Waals surface area contributed by atoms with Gasteiger partial charge in [-0.15, -0.1) is 0 Å². The van der Waals surface area contributed by atoms with Crippen LogP contribution in [0.15, 0.2) is 42.5 Å². The predicted octanol–water partition coefficient (Wildman–Crippen LogP) is 3.09. The monoisotopic (exact) mass is 273 g/mol. The number of amides is 1. The summed E-state index contributed by atoms with van der Waals surface area (Å²) >= 11 is 0. The average Bonchev–Trinajstić information content (AvgIpc) is 2.83. The Morgan fingerprint density at radius 1 is 1.15 bits per heavy atom. The van der Waals surface area contributed by atoms with Crippen molar-refractivity contribution in [3.05, 3.63) is 59.7 Å². The summed E-state index contributed by atoms with van der Waals surface area (Å²) in [5.74, 6) is -2.05. The van der Waals surface area contributed by atoms with E-state index in [2.05, 4.69) is 15.3 Å². The molecule has 0 atom stereocenters. The molecular weight excluding hydrogens is 264 g/mol. The Hall–Kier alpha value is -2.76. The maximum Gasteiger partial charge on any atom is 0.261 e. The molecule has 0 aliphatic carbocycles. The van der Waals surface area contributed by atoms with E-state index >= 15 is 0 Å². The molecule has 1 amide bonds. The van der Waals surface area contributed by atoms with Gasteiger partial charge in [0.1, 0.15) is 11.6 Å². The number of nitrogens with one attached hydrogen (secondary N) is 2. The molecule has 3 aromatic rings. The molecule has 6 heteroatoms. The Morgan fingerprint density at radius 3 is 2.75 bits per heavy atom. The van der Waals surface area contributed by atoms with Gasteiger partial charge < -0.3 is 4.98 Å². The number of imidazole rings is 1. The van der Waals surface area contributed by atoms with Gasteiger partial charge in [0.25, 0.3) is 5.91 Å². The third kappa shape index (κ3) is 2.23. The predicted molar refractivity (Wildman–Crippen MR) is 70.4 cm³/mol. The van der Waals surface area contributed by atoms with E-state index < -0.39 is 17.5 Å². The maximum atomic E-state index is 13.5. The molecule has 0 spiro atoms. The van der Waals surface area contributed by atoms with Gasteiger partial charge in [0.2, 0.25) is 5.95 Å². The molecule has 0 bridgehead atoms. The summed E-state index contributed by atoms with van der Waals surface area (Å²) < 4.78 is 26.5. The summed E-state index contributed by atoms with van der Waals surface area (Å²) in [5.41, 5.74) is 1.04. The molecule has 1 aromatic heterocycles. The van der Waals surface area contributed by atoms with Crippen LogP contribution in [-0.2, 0) is 0 Å². The van der Waals surface area contributed by atoms with Gasteiger partial charge in [-0.1, -0.05) is 12.1 Å². The molecule has 20 heavy (non-hydrogen) atoms.